The van der Waals surface area contributed by atoms with Gasteiger partial charge < -0.3 is 14.7 Å². The summed E-state index contributed by atoms with van der Waals surface area (Å²) in [5, 5.41) is 6.88. The van der Waals surface area contributed by atoms with Gasteiger partial charge in [0.2, 0.25) is 0 Å². The number of benzene rings is 1. The lowest BCUT2D eigenvalue weighted by atomic mass is 10.1. The molecule has 1 aliphatic heterocycles. The number of aromatic nitrogens is 2. The molecule has 144 valence electrons. The van der Waals surface area contributed by atoms with Crippen LogP contribution in [-0.4, -0.2) is 35.2 Å². The van der Waals surface area contributed by atoms with E-state index in [1.807, 2.05) is 0 Å². The summed E-state index contributed by atoms with van der Waals surface area (Å²) in [6.45, 7) is 2.41. The third-order valence-electron chi connectivity index (χ3n) is 4.77. The fourth-order valence-corrected chi connectivity index (χ4v) is 3.45. The summed E-state index contributed by atoms with van der Waals surface area (Å²) in [7, 11) is 0. The smallest absolute Gasteiger partial charge is 0.257 e. The van der Waals surface area contributed by atoms with Gasteiger partial charge in [-0.05, 0) is 37.6 Å². The van der Waals surface area contributed by atoms with Crippen molar-refractivity contribution >= 4 is 11.6 Å². The number of carbonyl (C=O) groups excluding carboxylic acids is 1. The van der Waals surface area contributed by atoms with E-state index >= 15 is 0 Å². The molecule has 1 unspecified atom stereocenters. The molecule has 1 atom stereocenters. The number of aryl methyl sites for hydroxylation is 1. The number of pyridine rings is 1. The molecule has 0 bridgehead atoms. The quantitative estimate of drug-likeness (QED) is 0.747. The molecule has 3 heterocycles. The van der Waals surface area contributed by atoms with E-state index < -0.39 is 11.6 Å². The van der Waals surface area contributed by atoms with E-state index in [9.17, 15) is 13.6 Å². The molecule has 1 fully saturated rings. The van der Waals surface area contributed by atoms with Crippen LogP contribution in [0.4, 0.5) is 14.5 Å². The van der Waals surface area contributed by atoms with Gasteiger partial charge in [0.05, 0.1) is 5.69 Å². The van der Waals surface area contributed by atoms with Crippen LogP contribution >= 0.6 is 0 Å². The lowest BCUT2D eigenvalue weighted by molar-refractivity contribution is 0.0939. The van der Waals surface area contributed by atoms with Crippen LogP contribution in [0.3, 0.4) is 0 Å². The van der Waals surface area contributed by atoms with Crippen molar-refractivity contribution in [3.63, 3.8) is 0 Å². The Morgan fingerprint density at radius 3 is 2.71 bits per heavy atom. The number of nitrogens with zero attached hydrogens (tertiary/aromatic N) is 3. The highest BCUT2D eigenvalue weighted by atomic mass is 19.1. The van der Waals surface area contributed by atoms with Gasteiger partial charge in [-0.25, -0.2) is 8.78 Å². The van der Waals surface area contributed by atoms with Gasteiger partial charge >= 0.3 is 0 Å². The molecule has 1 aromatic carbocycles. The van der Waals surface area contributed by atoms with Gasteiger partial charge in [0.25, 0.3) is 5.91 Å². The van der Waals surface area contributed by atoms with E-state index in [0.29, 0.717) is 42.2 Å². The second-order valence-electron chi connectivity index (χ2n) is 6.65. The van der Waals surface area contributed by atoms with Gasteiger partial charge in [-0.2, -0.15) is 0 Å². The third-order valence-corrected chi connectivity index (χ3v) is 4.77. The molecule has 1 N–H and O–H groups in total. The summed E-state index contributed by atoms with van der Waals surface area (Å²) in [6.07, 6.45) is 2.18. The van der Waals surface area contributed by atoms with E-state index in [-0.39, 0.29) is 17.6 Å². The van der Waals surface area contributed by atoms with Crippen molar-refractivity contribution < 1.29 is 18.1 Å². The van der Waals surface area contributed by atoms with Crippen molar-refractivity contribution in [3.8, 4) is 11.4 Å². The lowest BCUT2D eigenvalue weighted by Gasteiger charge is -2.20. The van der Waals surface area contributed by atoms with Crippen LogP contribution in [0, 0.1) is 18.6 Å². The number of hydrogen-bond donors (Lipinski definition) is 1. The van der Waals surface area contributed by atoms with Gasteiger partial charge in [0, 0.05) is 25.3 Å². The molecule has 0 saturated carbocycles. The minimum atomic E-state index is -0.612. The van der Waals surface area contributed by atoms with Gasteiger partial charge in [0.15, 0.2) is 0 Å². The van der Waals surface area contributed by atoms with Gasteiger partial charge in [0.1, 0.15) is 34.3 Å². The first-order chi connectivity index (χ1) is 13.5. The number of carbonyl (C=O) groups is 1. The molecule has 6 nitrogen and oxygen atoms in total. The number of rotatable bonds is 4. The maximum absolute atomic E-state index is 14.0. The maximum atomic E-state index is 14.0. The number of hydrogen-bond acceptors (Lipinski definition) is 5. The number of anilines is 1. The van der Waals surface area contributed by atoms with E-state index in [2.05, 4.69) is 15.5 Å². The Labute approximate surface area is 160 Å². The topological polar surface area (TPSA) is 71.3 Å². The first kappa shape index (κ1) is 18.1. The minimum absolute atomic E-state index is 0.0606. The van der Waals surface area contributed by atoms with E-state index in [0.717, 1.165) is 0 Å². The fraction of sp³-hybridized carbons (Fsp3) is 0.250. The molecule has 28 heavy (non-hydrogen) atoms. The van der Waals surface area contributed by atoms with E-state index in [1.165, 1.54) is 18.2 Å². The normalized spacial score (nSPS) is 16.4. The zero-order valence-corrected chi connectivity index (χ0v) is 15.2. The van der Waals surface area contributed by atoms with Crippen LogP contribution in [0.25, 0.3) is 11.4 Å². The maximum Gasteiger partial charge on any atom is 0.257 e. The molecule has 1 aliphatic rings. The number of halogens is 2. The molecule has 2 aromatic heterocycles. The first-order valence-corrected chi connectivity index (χ1v) is 8.92. The molecule has 8 heteroatoms. The predicted molar refractivity (Wildman–Crippen MR) is 98.9 cm³/mol. The summed E-state index contributed by atoms with van der Waals surface area (Å²) < 4.78 is 33.2. The van der Waals surface area contributed by atoms with E-state index in [1.54, 1.807) is 36.2 Å². The summed E-state index contributed by atoms with van der Waals surface area (Å²) in [5.74, 6) is -1.19. The molecular weight excluding hydrogens is 366 g/mol. The van der Waals surface area contributed by atoms with Crippen LogP contribution in [0.15, 0.2) is 47.1 Å². The van der Waals surface area contributed by atoms with Crippen LogP contribution in [-0.2, 0) is 0 Å². The Balaban J connectivity index is 1.51. The number of nitrogens with one attached hydrogen (secondary N) is 1. The zero-order chi connectivity index (χ0) is 19.7. The average Bonchev–Trinajstić information content (AvgIpc) is 3.29. The summed E-state index contributed by atoms with van der Waals surface area (Å²) in [6, 6.07) is 8.84. The van der Waals surface area contributed by atoms with Crippen molar-refractivity contribution in [2.24, 2.45) is 0 Å². The number of amides is 1. The Bertz CT molecular complexity index is 986. The largest absolute Gasteiger partial charge is 0.365 e. The lowest BCUT2D eigenvalue weighted by Crippen LogP contribution is -2.37. The monoisotopic (exact) mass is 384 g/mol. The van der Waals surface area contributed by atoms with Gasteiger partial charge in [-0.3, -0.25) is 9.78 Å². The van der Waals surface area contributed by atoms with Crippen molar-refractivity contribution in [1.82, 2.24) is 15.5 Å². The Kier molecular flexibility index (Phi) is 4.77. The third kappa shape index (κ3) is 3.33. The Hall–Kier alpha value is -3.29. The Morgan fingerprint density at radius 1 is 1.21 bits per heavy atom. The molecule has 0 spiro atoms. The number of para-hydroxylation sites is 1. The highest BCUT2D eigenvalue weighted by Gasteiger charge is 2.30. The van der Waals surface area contributed by atoms with Crippen molar-refractivity contribution in [1.29, 1.82) is 0 Å². The SMILES string of the molecule is Cc1onc(-c2ccccn2)c1C(=O)NC1CCN(c2c(F)cccc2F)C1. The van der Waals surface area contributed by atoms with Gasteiger partial charge in [-0.15, -0.1) is 0 Å². The fourth-order valence-electron chi connectivity index (χ4n) is 3.45. The first-order valence-electron chi connectivity index (χ1n) is 8.92. The van der Waals surface area contributed by atoms with Crippen LogP contribution in [0.5, 0.6) is 0 Å². The second kappa shape index (κ2) is 7.38. The molecule has 0 radical (unpaired) electrons. The average molecular weight is 384 g/mol. The summed E-state index contributed by atoms with van der Waals surface area (Å²) in [5.41, 5.74) is 1.15. The highest BCUT2D eigenvalue weighted by Crippen LogP contribution is 2.28. The zero-order valence-electron chi connectivity index (χ0n) is 15.2. The summed E-state index contributed by atoms with van der Waals surface area (Å²) in [4.78, 5) is 18.7. The summed E-state index contributed by atoms with van der Waals surface area (Å²) >= 11 is 0. The van der Waals surface area contributed by atoms with Gasteiger partial charge in [-0.1, -0.05) is 17.3 Å². The Morgan fingerprint density at radius 2 is 2.00 bits per heavy atom. The van der Waals surface area contributed by atoms with E-state index in [4.69, 9.17) is 4.52 Å². The van der Waals surface area contributed by atoms with Crippen LogP contribution < -0.4 is 10.2 Å². The van der Waals surface area contributed by atoms with Crippen molar-refractivity contribution in [2.75, 3.05) is 18.0 Å². The molecule has 0 aliphatic carbocycles. The van der Waals surface area contributed by atoms with Crippen molar-refractivity contribution in [2.45, 2.75) is 19.4 Å². The van der Waals surface area contributed by atoms with Crippen molar-refractivity contribution in [3.05, 3.63) is 65.6 Å². The molecular formula is C20H18F2N4O2. The molecule has 4 rings (SSSR count). The molecule has 1 amide bonds. The minimum Gasteiger partial charge on any atom is -0.365 e. The standard InChI is InChI=1S/C20H18F2N4O2/c1-12-17(18(25-28-12)16-7-2-3-9-23-16)20(27)24-13-8-10-26(11-13)19-14(21)5-4-6-15(19)22/h2-7,9,13H,8,10-11H2,1H3,(H,24,27). The van der Waals surface area contributed by atoms with Crippen LogP contribution in [0.1, 0.15) is 22.5 Å². The molecule has 1 saturated heterocycles. The predicted octanol–water partition coefficient (Wildman–Crippen LogP) is 3.33. The molecule has 3 aromatic rings. The second-order valence-corrected chi connectivity index (χ2v) is 6.65. The highest BCUT2D eigenvalue weighted by molar-refractivity contribution is 6.00. The van der Waals surface area contributed by atoms with Crippen LogP contribution in [0.2, 0.25) is 0 Å².